The smallest absolute Gasteiger partial charge is 0.0702 e. The maximum atomic E-state index is 6.46. The molecule has 0 aliphatic rings. The zero-order valence-corrected chi connectivity index (χ0v) is 13.1. The van der Waals surface area contributed by atoms with Gasteiger partial charge in [-0.25, -0.2) is 0 Å². The van der Waals surface area contributed by atoms with Crippen molar-refractivity contribution in [3.05, 3.63) is 52.3 Å². The first-order valence-electron chi connectivity index (χ1n) is 6.55. The third-order valence-corrected chi connectivity index (χ3v) is 4.07. The van der Waals surface area contributed by atoms with E-state index in [2.05, 4.69) is 53.9 Å². The molecule has 1 aromatic heterocycles. The van der Waals surface area contributed by atoms with Crippen LogP contribution in [0.2, 0.25) is 0 Å². The molecule has 1 heterocycles. The highest BCUT2D eigenvalue weighted by Crippen LogP contribution is 2.33. The van der Waals surface area contributed by atoms with E-state index in [-0.39, 0.29) is 12.0 Å². The summed E-state index contributed by atoms with van der Waals surface area (Å²) < 4.78 is 2.98. The van der Waals surface area contributed by atoms with Crippen LogP contribution >= 0.6 is 15.9 Å². The normalized spacial score (nSPS) is 14.6. The van der Waals surface area contributed by atoms with Crippen LogP contribution in [0.25, 0.3) is 0 Å². The Morgan fingerprint density at radius 3 is 2.37 bits per heavy atom. The van der Waals surface area contributed by atoms with Crippen molar-refractivity contribution in [1.82, 2.24) is 9.78 Å². The average Bonchev–Trinajstić information content (AvgIpc) is 2.80. The van der Waals surface area contributed by atoms with E-state index in [4.69, 9.17) is 5.73 Å². The SMILES string of the molecule is CC(c1ccccc1)C(N)c1c(Br)cnn1C(C)C. The van der Waals surface area contributed by atoms with Gasteiger partial charge in [0.25, 0.3) is 0 Å². The van der Waals surface area contributed by atoms with E-state index in [0.717, 1.165) is 10.2 Å². The van der Waals surface area contributed by atoms with Gasteiger partial charge in [-0.1, -0.05) is 37.3 Å². The number of aromatic nitrogens is 2. The predicted octanol–water partition coefficient (Wildman–Crippen LogP) is 4.03. The van der Waals surface area contributed by atoms with Crippen LogP contribution in [0, 0.1) is 0 Å². The summed E-state index contributed by atoms with van der Waals surface area (Å²) in [4.78, 5) is 0. The Balaban J connectivity index is 2.34. The fourth-order valence-electron chi connectivity index (χ4n) is 2.27. The van der Waals surface area contributed by atoms with Crippen molar-refractivity contribution in [3.8, 4) is 0 Å². The van der Waals surface area contributed by atoms with E-state index in [1.165, 1.54) is 5.56 Å². The van der Waals surface area contributed by atoms with Gasteiger partial charge in [-0.2, -0.15) is 5.10 Å². The summed E-state index contributed by atoms with van der Waals surface area (Å²) in [5.74, 6) is 0.242. The lowest BCUT2D eigenvalue weighted by Crippen LogP contribution is -2.23. The fourth-order valence-corrected chi connectivity index (χ4v) is 2.81. The Kier molecular flexibility index (Phi) is 4.42. The number of benzene rings is 1. The monoisotopic (exact) mass is 321 g/mol. The third-order valence-electron chi connectivity index (χ3n) is 3.46. The number of nitrogens with two attached hydrogens (primary N) is 1. The fraction of sp³-hybridized carbons (Fsp3) is 0.400. The molecule has 0 bridgehead atoms. The molecule has 2 unspecified atom stereocenters. The van der Waals surface area contributed by atoms with Crippen molar-refractivity contribution in [1.29, 1.82) is 0 Å². The standard InChI is InChI=1S/C15H20BrN3/c1-10(2)19-15(13(16)9-18-19)14(17)11(3)12-7-5-4-6-8-12/h4-11,14H,17H2,1-3H3. The van der Waals surface area contributed by atoms with E-state index in [0.29, 0.717) is 6.04 Å². The van der Waals surface area contributed by atoms with Crippen LogP contribution in [0.4, 0.5) is 0 Å². The molecule has 0 aliphatic heterocycles. The van der Waals surface area contributed by atoms with Crippen LogP contribution in [-0.4, -0.2) is 9.78 Å². The number of hydrogen-bond acceptors (Lipinski definition) is 2. The van der Waals surface area contributed by atoms with Gasteiger partial charge in [0.05, 0.1) is 22.4 Å². The summed E-state index contributed by atoms with van der Waals surface area (Å²) in [6.07, 6.45) is 1.83. The minimum atomic E-state index is -0.0818. The Morgan fingerprint density at radius 1 is 1.16 bits per heavy atom. The van der Waals surface area contributed by atoms with Crippen LogP contribution in [0.3, 0.4) is 0 Å². The first-order chi connectivity index (χ1) is 9.02. The second kappa shape index (κ2) is 5.88. The van der Waals surface area contributed by atoms with Crippen molar-refractivity contribution in [2.75, 3.05) is 0 Å². The Hall–Kier alpha value is -1.13. The molecule has 0 amide bonds. The number of halogens is 1. The summed E-state index contributed by atoms with van der Waals surface area (Å²) in [6, 6.07) is 10.6. The molecular formula is C15H20BrN3. The highest BCUT2D eigenvalue weighted by Gasteiger charge is 2.24. The van der Waals surface area contributed by atoms with Gasteiger partial charge in [-0.15, -0.1) is 0 Å². The molecule has 2 rings (SSSR count). The van der Waals surface area contributed by atoms with Gasteiger partial charge >= 0.3 is 0 Å². The van der Waals surface area contributed by atoms with Crippen LogP contribution in [0.1, 0.15) is 50.0 Å². The Bertz CT molecular complexity index is 534. The van der Waals surface area contributed by atoms with Crippen molar-refractivity contribution in [3.63, 3.8) is 0 Å². The second-order valence-electron chi connectivity index (χ2n) is 5.14. The first-order valence-corrected chi connectivity index (χ1v) is 7.35. The van der Waals surface area contributed by atoms with Gasteiger partial charge in [0.15, 0.2) is 0 Å². The van der Waals surface area contributed by atoms with E-state index in [1.807, 2.05) is 29.1 Å². The molecule has 2 aromatic rings. The molecule has 102 valence electrons. The van der Waals surface area contributed by atoms with Gasteiger partial charge in [0.1, 0.15) is 0 Å². The number of hydrogen-bond donors (Lipinski definition) is 1. The quantitative estimate of drug-likeness (QED) is 0.923. The largest absolute Gasteiger partial charge is 0.322 e. The van der Waals surface area contributed by atoms with Gasteiger partial charge in [-0.3, -0.25) is 4.68 Å². The van der Waals surface area contributed by atoms with Gasteiger partial charge in [-0.05, 0) is 35.3 Å². The third kappa shape index (κ3) is 2.90. The number of rotatable bonds is 4. The molecule has 0 spiro atoms. The minimum Gasteiger partial charge on any atom is -0.322 e. The van der Waals surface area contributed by atoms with Gasteiger partial charge < -0.3 is 5.73 Å². The predicted molar refractivity (Wildman–Crippen MR) is 82.1 cm³/mol. The van der Waals surface area contributed by atoms with Crippen molar-refractivity contribution in [2.45, 2.75) is 38.8 Å². The molecule has 2 atom stereocenters. The zero-order chi connectivity index (χ0) is 14.0. The second-order valence-corrected chi connectivity index (χ2v) is 6.00. The van der Waals surface area contributed by atoms with Gasteiger partial charge in [0, 0.05) is 12.0 Å². The van der Waals surface area contributed by atoms with E-state index in [1.54, 1.807) is 0 Å². The molecule has 4 heteroatoms. The first kappa shape index (κ1) is 14.3. The molecule has 2 N–H and O–H groups in total. The summed E-state index contributed by atoms with van der Waals surface area (Å²) in [5, 5.41) is 4.40. The van der Waals surface area contributed by atoms with E-state index in [9.17, 15) is 0 Å². The molecule has 0 saturated carbocycles. The lowest BCUT2D eigenvalue weighted by molar-refractivity contribution is 0.463. The topological polar surface area (TPSA) is 43.8 Å². The average molecular weight is 322 g/mol. The molecule has 0 radical (unpaired) electrons. The summed E-state index contributed by atoms with van der Waals surface area (Å²) >= 11 is 3.56. The van der Waals surface area contributed by atoms with E-state index >= 15 is 0 Å². The summed E-state index contributed by atoms with van der Waals surface area (Å²) in [5.41, 5.74) is 8.77. The molecule has 19 heavy (non-hydrogen) atoms. The molecule has 1 aromatic carbocycles. The molecule has 0 aliphatic carbocycles. The van der Waals surface area contributed by atoms with Gasteiger partial charge in [0.2, 0.25) is 0 Å². The van der Waals surface area contributed by atoms with Crippen molar-refractivity contribution in [2.24, 2.45) is 5.73 Å². The van der Waals surface area contributed by atoms with Crippen LogP contribution in [0.15, 0.2) is 41.0 Å². The minimum absolute atomic E-state index is 0.0818. The molecule has 3 nitrogen and oxygen atoms in total. The lowest BCUT2D eigenvalue weighted by atomic mass is 9.92. The van der Waals surface area contributed by atoms with Crippen LogP contribution in [0.5, 0.6) is 0 Å². The maximum Gasteiger partial charge on any atom is 0.0702 e. The van der Waals surface area contributed by atoms with Crippen LogP contribution < -0.4 is 5.73 Å². The van der Waals surface area contributed by atoms with E-state index < -0.39 is 0 Å². The Labute approximate surface area is 122 Å². The molecule has 0 saturated heterocycles. The van der Waals surface area contributed by atoms with Crippen molar-refractivity contribution < 1.29 is 0 Å². The van der Waals surface area contributed by atoms with Crippen molar-refractivity contribution >= 4 is 15.9 Å². The lowest BCUT2D eigenvalue weighted by Gasteiger charge is -2.23. The molecule has 0 fully saturated rings. The summed E-state index contributed by atoms with van der Waals surface area (Å²) in [6.45, 7) is 6.38. The summed E-state index contributed by atoms with van der Waals surface area (Å²) in [7, 11) is 0. The zero-order valence-electron chi connectivity index (χ0n) is 11.5. The highest BCUT2D eigenvalue weighted by atomic mass is 79.9. The Morgan fingerprint density at radius 2 is 1.79 bits per heavy atom. The molecular weight excluding hydrogens is 302 g/mol. The number of nitrogens with zero attached hydrogens (tertiary/aromatic N) is 2. The highest BCUT2D eigenvalue weighted by molar-refractivity contribution is 9.10. The van der Waals surface area contributed by atoms with Crippen LogP contribution in [-0.2, 0) is 0 Å². The maximum absolute atomic E-state index is 6.46.